The molecule has 0 saturated heterocycles. The summed E-state index contributed by atoms with van der Waals surface area (Å²) in [6.45, 7) is -0.898. The lowest BCUT2D eigenvalue weighted by molar-refractivity contribution is 0.0842. The molecular formula is C9H10ClFO2. The van der Waals surface area contributed by atoms with Gasteiger partial charge in [-0.3, -0.25) is 0 Å². The molecule has 13 heavy (non-hydrogen) atoms. The van der Waals surface area contributed by atoms with E-state index in [4.69, 9.17) is 21.4 Å². The Kier molecular flexibility index (Phi) is 3.99. The molecule has 0 radical (unpaired) electrons. The minimum absolute atomic E-state index is 0.0831. The van der Waals surface area contributed by atoms with Crippen molar-refractivity contribution in [2.24, 2.45) is 0 Å². The van der Waals surface area contributed by atoms with Crippen LogP contribution in [0.1, 0.15) is 0 Å². The molecule has 0 aromatic heterocycles. The van der Waals surface area contributed by atoms with E-state index in [0.717, 1.165) is 0 Å². The fraction of sp³-hybridized carbons (Fsp3) is 0.333. The molecule has 72 valence electrons. The van der Waals surface area contributed by atoms with Crippen LogP contribution < -0.4 is 4.74 Å². The first-order valence-electron chi connectivity index (χ1n) is 3.85. The van der Waals surface area contributed by atoms with Gasteiger partial charge < -0.3 is 9.84 Å². The predicted molar refractivity (Wildman–Crippen MR) is 48.9 cm³/mol. The summed E-state index contributed by atoms with van der Waals surface area (Å²) < 4.78 is 16.9. The van der Waals surface area contributed by atoms with Crippen molar-refractivity contribution in [1.82, 2.24) is 0 Å². The first-order valence-corrected chi connectivity index (χ1v) is 4.23. The molecule has 0 amide bonds. The second kappa shape index (κ2) is 5.04. The van der Waals surface area contributed by atoms with Gasteiger partial charge in [-0.2, -0.15) is 0 Å². The van der Waals surface area contributed by atoms with Crippen LogP contribution in [0.3, 0.4) is 0 Å². The van der Waals surface area contributed by atoms with Gasteiger partial charge in [-0.25, -0.2) is 4.39 Å². The number of hydrogen-bond donors (Lipinski definition) is 1. The molecule has 2 nitrogen and oxygen atoms in total. The van der Waals surface area contributed by atoms with Gasteiger partial charge in [-0.05, 0) is 12.1 Å². The second-order valence-electron chi connectivity index (χ2n) is 2.55. The van der Waals surface area contributed by atoms with Crippen molar-refractivity contribution in [3.05, 3.63) is 29.3 Å². The normalized spacial score (nSPS) is 12.5. The maximum Gasteiger partial charge on any atom is 0.138 e. The van der Waals surface area contributed by atoms with Gasteiger partial charge >= 0.3 is 0 Å². The molecule has 1 aromatic rings. The third-order valence-electron chi connectivity index (χ3n) is 1.45. The van der Waals surface area contributed by atoms with E-state index in [0.29, 0.717) is 10.8 Å². The fourth-order valence-electron chi connectivity index (χ4n) is 0.792. The lowest BCUT2D eigenvalue weighted by Gasteiger charge is -2.09. The van der Waals surface area contributed by atoms with Crippen LogP contribution in [-0.2, 0) is 0 Å². The lowest BCUT2D eigenvalue weighted by atomic mass is 10.3. The molecule has 1 unspecified atom stereocenters. The Bertz CT molecular complexity index is 268. The Hall–Kier alpha value is -0.800. The first-order chi connectivity index (χ1) is 6.24. The first kappa shape index (κ1) is 10.3. The number of alkyl halides is 1. The maximum absolute atomic E-state index is 11.8. The highest BCUT2D eigenvalue weighted by Crippen LogP contribution is 2.22. The molecule has 0 spiro atoms. The number of rotatable bonds is 4. The molecular weight excluding hydrogens is 195 g/mol. The summed E-state index contributed by atoms with van der Waals surface area (Å²) in [5.41, 5.74) is 0. The van der Waals surface area contributed by atoms with E-state index in [1.54, 1.807) is 24.3 Å². The zero-order valence-electron chi connectivity index (χ0n) is 6.91. The van der Waals surface area contributed by atoms with Crippen molar-refractivity contribution in [2.45, 2.75) is 6.10 Å². The van der Waals surface area contributed by atoms with Gasteiger partial charge in [0.15, 0.2) is 0 Å². The highest BCUT2D eigenvalue weighted by molar-refractivity contribution is 6.32. The largest absolute Gasteiger partial charge is 0.489 e. The summed E-state index contributed by atoms with van der Waals surface area (Å²) in [6, 6.07) is 6.84. The van der Waals surface area contributed by atoms with Crippen molar-refractivity contribution in [2.75, 3.05) is 13.3 Å². The van der Waals surface area contributed by atoms with Crippen LogP contribution >= 0.6 is 11.6 Å². The van der Waals surface area contributed by atoms with Crippen molar-refractivity contribution in [1.29, 1.82) is 0 Å². The van der Waals surface area contributed by atoms with Gasteiger partial charge in [0, 0.05) is 0 Å². The fourth-order valence-corrected chi connectivity index (χ4v) is 0.983. The van der Waals surface area contributed by atoms with Crippen LogP contribution in [0.2, 0.25) is 5.02 Å². The van der Waals surface area contributed by atoms with E-state index in [9.17, 15) is 4.39 Å². The summed E-state index contributed by atoms with van der Waals surface area (Å²) in [5, 5.41) is 9.32. The average Bonchev–Trinajstić information content (AvgIpc) is 2.16. The standard InChI is InChI=1S/C9H10ClFO2/c10-8-3-1-2-4-9(8)13-6-7(12)5-11/h1-4,7,12H,5-6H2. The van der Waals surface area contributed by atoms with E-state index in [-0.39, 0.29) is 6.61 Å². The van der Waals surface area contributed by atoms with E-state index in [2.05, 4.69) is 0 Å². The topological polar surface area (TPSA) is 29.5 Å². The monoisotopic (exact) mass is 204 g/mol. The minimum Gasteiger partial charge on any atom is -0.489 e. The average molecular weight is 205 g/mol. The Labute approximate surface area is 80.9 Å². The van der Waals surface area contributed by atoms with Crippen molar-refractivity contribution in [3.63, 3.8) is 0 Å². The summed E-state index contributed by atoms with van der Waals surface area (Å²) in [5.74, 6) is 0.455. The summed E-state index contributed by atoms with van der Waals surface area (Å²) in [6.07, 6.45) is -1.09. The Balaban J connectivity index is 2.50. The number of ether oxygens (including phenoxy) is 1. The molecule has 1 atom stereocenters. The Morgan fingerprint density at radius 3 is 2.77 bits per heavy atom. The number of hydrogen-bond acceptors (Lipinski definition) is 2. The second-order valence-corrected chi connectivity index (χ2v) is 2.96. The van der Waals surface area contributed by atoms with Gasteiger partial charge in [-0.1, -0.05) is 23.7 Å². The van der Waals surface area contributed by atoms with Crippen molar-refractivity contribution in [3.8, 4) is 5.75 Å². The molecule has 0 aliphatic carbocycles. The SMILES string of the molecule is OC(CF)COc1ccccc1Cl. The quantitative estimate of drug-likeness (QED) is 0.814. The summed E-state index contributed by atoms with van der Waals surface area (Å²) in [4.78, 5) is 0. The Morgan fingerprint density at radius 2 is 2.15 bits per heavy atom. The van der Waals surface area contributed by atoms with Crippen LogP contribution in [0.4, 0.5) is 4.39 Å². The molecule has 1 rings (SSSR count). The van der Waals surface area contributed by atoms with E-state index in [1.807, 2.05) is 0 Å². The molecule has 0 fully saturated rings. The lowest BCUT2D eigenvalue weighted by Crippen LogP contribution is -2.19. The highest BCUT2D eigenvalue weighted by atomic mass is 35.5. The number of para-hydroxylation sites is 1. The number of aliphatic hydroxyl groups is 1. The number of aliphatic hydroxyl groups excluding tert-OH is 1. The van der Waals surface area contributed by atoms with E-state index in [1.165, 1.54) is 0 Å². The van der Waals surface area contributed by atoms with Crippen LogP contribution in [0.15, 0.2) is 24.3 Å². The maximum atomic E-state index is 11.8. The number of halogens is 2. The minimum atomic E-state index is -1.09. The Morgan fingerprint density at radius 1 is 1.46 bits per heavy atom. The molecule has 1 N–H and O–H groups in total. The molecule has 0 aliphatic heterocycles. The summed E-state index contributed by atoms with van der Waals surface area (Å²) in [7, 11) is 0. The van der Waals surface area contributed by atoms with Gasteiger partial charge in [0.25, 0.3) is 0 Å². The third-order valence-corrected chi connectivity index (χ3v) is 1.76. The van der Waals surface area contributed by atoms with Crippen molar-refractivity contribution < 1.29 is 14.2 Å². The smallest absolute Gasteiger partial charge is 0.138 e. The zero-order chi connectivity index (χ0) is 9.68. The summed E-state index contributed by atoms with van der Waals surface area (Å²) >= 11 is 5.75. The number of benzene rings is 1. The van der Waals surface area contributed by atoms with Gasteiger partial charge in [0.05, 0.1) is 5.02 Å². The molecule has 0 saturated carbocycles. The van der Waals surface area contributed by atoms with Gasteiger partial charge in [0.1, 0.15) is 25.1 Å². The van der Waals surface area contributed by atoms with E-state index < -0.39 is 12.8 Å². The third kappa shape index (κ3) is 3.20. The molecule has 0 heterocycles. The van der Waals surface area contributed by atoms with Crippen LogP contribution in [-0.4, -0.2) is 24.5 Å². The molecule has 4 heteroatoms. The van der Waals surface area contributed by atoms with Crippen LogP contribution in [0.5, 0.6) is 5.75 Å². The highest BCUT2D eigenvalue weighted by Gasteiger charge is 2.05. The van der Waals surface area contributed by atoms with Gasteiger partial charge in [-0.15, -0.1) is 0 Å². The molecule has 0 aliphatic rings. The van der Waals surface area contributed by atoms with Crippen LogP contribution in [0, 0.1) is 0 Å². The van der Waals surface area contributed by atoms with Gasteiger partial charge in [0.2, 0.25) is 0 Å². The molecule has 0 bridgehead atoms. The van der Waals surface area contributed by atoms with E-state index >= 15 is 0 Å². The predicted octanol–water partition coefficient (Wildman–Crippen LogP) is 2.05. The van der Waals surface area contributed by atoms with Crippen molar-refractivity contribution >= 4 is 11.6 Å². The van der Waals surface area contributed by atoms with Crippen LogP contribution in [0.25, 0.3) is 0 Å². The molecule has 1 aromatic carbocycles. The zero-order valence-corrected chi connectivity index (χ0v) is 7.67.